The molecule has 1 saturated heterocycles. The van der Waals surface area contributed by atoms with Crippen molar-refractivity contribution in [2.75, 3.05) is 11.9 Å². The average molecular weight is 524 g/mol. The van der Waals surface area contributed by atoms with Gasteiger partial charge in [-0.3, -0.25) is 14.2 Å². The molecule has 3 atom stereocenters. The van der Waals surface area contributed by atoms with E-state index in [4.69, 9.17) is 9.47 Å². The summed E-state index contributed by atoms with van der Waals surface area (Å²) in [6.07, 6.45) is -5.31. The summed E-state index contributed by atoms with van der Waals surface area (Å²) >= 11 is 0. The largest absolute Gasteiger partial charge is 0.522 e. The quantitative estimate of drug-likeness (QED) is 0.396. The number of imidazole rings is 1. The second kappa shape index (κ2) is 9.16. The third-order valence-electron chi connectivity index (χ3n) is 5.94. The van der Waals surface area contributed by atoms with Gasteiger partial charge in [0.25, 0.3) is 0 Å². The summed E-state index contributed by atoms with van der Waals surface area (Å²) in [6.45, 7) is 0.860. The van der Waals surface area contributed by atoms with E-state index in [1.54, 1.807) is 0 Å². The lowest BCUT2D eigenvalue weighted by atomic mass is 10.1. The van der Waals surface area contributed by atoms with Gasteiger partial charge < -0.3 is 20.1 Å². The maximum Gasteiger partial charge on any atom is 0.522 e. The predicted molar refractivity (Wildman–Crippen MR) is 115 cm³/mol. The molecule has 3 N–H and O–H groups in total. The maximum atomic E-state index is 15.0. The van der Waals surface area contributed by atoms with Crippen LogP contribution in [0.2, 0.25) is 0 Å². The highest BCUT2D eigenvalue weighted by Crippen LogP contribution is 2.36. The van der Waals surface area contributed by atoms with E-state index in [1.165, 1.54) is 22.9 Å². The highest BCUT2D eigenvalue weighted by Gasteiger charge is 2.44. The van der Waals surface area contributed by atoms with Gasteiger partial charge in [-0.2, -0.15) is 10.4 Å². The second-order valence-corrected chi connectivity index (χ2v) is 8.93. The van der Waals surface area contributed by atoms with E-state index in [9.17, 15) is 27.6 Å². The molecule has 3 aromatic heterocycles. The number of nitrogens with zero attached hydrogens (tertiary/aromatic N) is 5. The smallest absolute Gasteiger partial charge is 0.441 e. The number of aromatic nitrogens is 5. The normalized spacial score (nSPS) is 22.5. The Labute approximate surface area is 205 Å². The van der Waals surface area contributed by atoms with Gasteiger partial charge in [0.05, 0.1) is 30.8 Å². The molecular formula is C21H20F4N8O4. The van der Waals surface area contributed by atoms with Crippen molar-refractivity contribution in [2.45, 2.75) is 56.7 Å². The SMILES string of the molecule is CC1(NC(=O)O[C@H]2CO[C@@H](c3cc(Nc4ncc(C#N)c5nc(COC(F)(F)F)cn45)n[nH]3)[C@H]2F)CC1. The lowest BCUT2D eigenvalue weighted by Crippen LogP contribution is -2.39. The molecule has 1 amide bonds. The Morgan fingerprint density at radius 1 is 1.43 bits per heavy atom. The summed E-state index contributed by atoms with van der Waals surface area (Å²) in [5.41, 5.74) is -0.0593. The Morgan fingerprint density at radius 2 is 2.22 bits per heavy atom. The van der Waals surface area contributed by atoms with Crippen LogP contribution in [0.1, 0.15) is 42.8 Å². The van der Waals surface area contributed by atoms with Gasteiger partial charge in [0.2, 0.25) is 5.95 Å². The number of hydrogen-bond acceptors (Lipinski definition) is 9. The number of nitriles is 1. The number of fused-ring (bicyclic) bond motifs is 1. The topological polar surface area (TPSA) is 151 Å². The molecule has 196 valence electrons. The summed E-state index contributed by atoms with van der Waals surface area (Å²) in [5.74, 6) is 0.253. The van der Waals surface area contributed by atoms with Gasteiger partial charge in [-0.05, 0) is 19.8 Å². The number of nitrogens with one attached hydrogen (secondary N) is 3. The van der Waals surface area contributed by atoms with Crippen molar-refractivity contribution >= 4 is 23.5 Å². The first kappa shape index (κ1) is 24.7. The molecule has 0 radical (unpaired) electrons. The van der Waals surface area contributed by atoms with Gasteiger partial charge in [0, 0.05) is 17.8 Å². The Morgan fingerprint density at radius 3 is 2.92 bits per heavy atom. The van der Waals surface area contributed by atoms with E-state index in [2.05, 4.69) is 35.5 Å². The second-order valence-electron chi connectivity index (χ2n) is 8.93. The molecule has 1 saturated carbocycles. The van der Waals surface area contributed by atoms with E-state index < -0.39 is 37.4 Å². The molecule has 0 bridgehead atoms. The first-order valence-corrected chi connectivity index (χ1v) is 11.1. The summed E-state index contributed by atoms with van der Waals surface area (Å²) in [4.78, 5) is 20.1. The molecule has 0 unspecified atom stereocenters. The number of amides is 1. The molecule has 2 fully saturated rings. The number of anilines is 2. The van der Waals surface area contributed by atoms with Crippen LogP contribution in [0.25, 0.3) is 5.65 Å². The zero-order valence-electron chi connectivity index (χ0n) is 19.2. The Bertz CT molecular complexity index is 1360. The van der Waals surface area contributed by atoms with Gasteiger partial charge in [-0.25, -0.2) is 19.2 Å². The molecule has 0 aromatic carbocycles. The van der Waals surface area contributed by atoms with Crippen LogP contribution in [0.4, 0.5) is 34.1 Å². The van der Waals surface area contributed by atoms with Gasteiger partial charge in [-0.1, -0.05) is 0 Å². The number of halogens is 4. The third kappa shape index (κ3) is 5.42. The number of H-pyrrole nitrogens is 1. The Kier molecular flexibility index (Phi) is 6.12. The van der Waals surface area contributed by atoms with Crippen LogP contribution in [-0.4, -0.2) is 61.4 Å². The van der Waals surface area contributed by atoms with Gasteiger partial charge in [0.15, 0.2) is 23.7 Å². The number of carbonyl (C=O) groups is 1. The minimum atomic E-state index is -4.85. The Balaban J connectivity index is 1.28. The van der Waals surface area contributed by atoms with Crippen molar-refractivity contribution in [3.8, 4) is 6.07 Å². The molecule has 2 aliphatic rings. The fourth-order valence-electron chi connectivity index (χ4n) is 3.75. The third-order valence-corrected chi connectivity index (χ3v) is 5.94. The number of hydrogen-bond donors (Lipinski definition) is 3. The molecule has 12 nitrogen and oxygen atoms in total. The van der Waals surface area contributed by atoms with Gasteiger partial charge in [-0.15, -0.1) is 13.2 Å². The highest BCUT2D eigenvalue weighted by molar-refractivity contribution is 5.69. The van der Waals surface area contributed by atoms with Crippen molar-refractivity contribution < 1.29 is 36.6 Å². The summed E-state index contributed by atoms with van der Waals surface area (Å²) in [6, 6.07) is 3.31. The number of ether oxygens (including phenoxy) is 3. The van der Waals surface area contributed by atoms with Gasteiger partial charge >= 0.3 is 12.5 Å². The fraction of sp³-hybridized carbons (Fsp3) is 0.476. The minimum absolute atomic E-state index is 0.0249. The van der Waals surface area contributed by atoms with E-state index in [1.807, 2.05) is 13.0 Å². The number of alkyl halides is 4. The molecule has 16 heteroatoms. The first-order chi connectivity index (χ1) is 17.5. The minimum Gasteiger partial charge on any atom is -0.441 e. The van der Waals surface area contributed by atoms with Crippen molar-refractivity contribution in [2.24, 2.45) is 0 Å². The molecular weight excluding hydrogens is 504 g/mol. The first-order valence-electron chi connectivity index (χ1n) is 11.1. The Hall–Kier alpha value is -3.97. The summed E-state index contributed by atoms with van der Waals surface area (Å²) < 4.78 is 68.0. The van der Waals surface area contributed by atoms with Crippen LogP contribution in [0.5, 0.6) is 0 Å². The number of rotatable bonds is 7. The standard InChI is InChI=1S/C21H20F4N8O4/c1-20(2-3-20)30-19(34)37-13-9-35-16(15(13)22)12-4-14(32-31-12)29-18-27-6-10(5-26)17-28-11(7-33(17)18)8-36-21(23,24)25/h4,6-7,13,15-16H,2-3,8-9H2,1H3,(H,30,34)(H2,27,29,31,32)/t13-,15-,16-/m0/s1. The number of carbonyl (C=O) groups excluding carboxylic acids is 1. The summed E-state index contributed by atoms with van der Waals surface area (Å²) in [5, 5.41) is 21.5. The van der Waals surface area contributed by atoms with E-state index >= 15 is 0 Å². The van der Waals surface area contributed by atoms with Crippen LogP contribution in [0.3, 0.4) is 0 Å². The van der Waals surface area contributed by atoms with Crippen LogP contribution < -0.4 is 10.6 Å². The number of aromatic amines is 1. The maximum absolute atomic E-state index is 15.0. The predicted octanol–water partition coefficient (Wildman–Crippen LogP) is 3.16. The van der Waals surface area contributed by atoms with E-state index in [0.29, 0.717) is 0 Å². The lowest BCUT2D eigenvalue weighted by molar-refractivity contribution is -0.330. The van der Waals surface area contributed by atoms with Gasteiger partial charge in [0.1, 0.15) is 17.7 Å². The molecule has 3 aromatic rings. The van der Waals surface area contributed by atoms with Crippen molar-refractivity contribution in [1.29, 1.82) is 5.26 Å². The zero-order valence-corrected chi connectivity index (χ0v) is 19.2. The molecule has 5 rings (SSSR count). The van der Waals surface area contributed by atoms with Crippen LogP contribution in [0.15, 0.2) is 18.5 Å². The van der Waals surface area contributed by atoms with Crippen molar-refractivity contribution in [1.82, 2.24) is 29.9 Å². The molecule has 0 spiro atoms. The molecule has 1 aliphatic heterocycles. The van der Waals surface area contributed by atoms with E-state index in [-0.39, 0.29) is 46.5 Å². The van der Waals surface area contributed by atoms with Crippen molar-refractivity contribution in [3.05, 3.63) is 35.4 Å². The van der Waals surface area contributed by atoms with Crippen molar-refractivity contribution in [3.63, 3.8) is 0 Å². The van der Waals surface area contributed by atoms with Crippen LogP contribution >= 0.6 is 0 Å². The van der Waals surface area contributed by atoms with Crippen LogP contribution in [0, 0.1) is 11.3 Å². The average Bonchev–Trinajstić information content (AvgIpc) is 3.20. The zero-order chi connectivity index (χ0) is 26.4. The van der Waals surface area contributed by atoms with E-state index in [0.717, 1.165) is 12.8 Å². The van der Waals surface area contributed by atoms with Crippen LogP contribution in [-0.2, 0) is 20.8 Å². The molecule has 37 heavy (non-hydrogen) atoms. The molecule has 4 heterocycles. The fourth-order valence-corrected chi connectivity index (χ4v) is 3.75. The molecule has 1 aliphatic carbocycles. The number of alkyl carbamates (subject to hydrolysis) is 1. The summed E-state index contributed by atoms with van der Waals surface area (Å²) in [7, 11) is 0. The lowest BCUT2D eigenvalue weighted by Gasteiger charge is -2.17. The monoisotopic (exact) mass is 524 g/mol. The highest BCUT2D eigenvalue weighted by atomic mass is 19.4.